The molecule has 0 bridgehead atoms. The lowest BCUT2D eigenvalue weighted by atomic mass is 9.69. The Balaban J connectivity index is 1.16. The highest BCUT2D eigenvalue weighted by Gasteiger charge is 2.48. The Labute approximate surface area is 246 Å². The van der Waals surface area contributed by atoms with Crippen molar-refractivity contribution in [3.05, 3.63) is 12.2 Å². The van der Waals surface area contributed by atoms with Crippen LogP contribution >= 0.6 is 0 Å². The lowest BCUT2D eigenvalue weighted by Gasteiger charge is -2.43. The van der Waals surface area contributed by atoms with Gasteiger partial charge in [0.2, 0.25) is 0 Å². The topological polar surface area (TPSA) is 28.2 Å². The van der Waals surface area contributed by atoms with Crippen molar-refractivity contribution in [1.29, 1.82) is 0 Å². The first kappa shape index (κ1) is 29.6. The molecule has 0 aromatic carbocycles. The molecule has 228 valence electrons. The lowest BCUT2D eigenvalue weighted by molar-refractivity contribution is -0.0722. The normalized spacial score (nSPS) is 41.5. The minimum absolute atomic E-state index is 0.0883. The van der Waals surface area contributed by atoms with Crippen molar-refractivity contribution in [3.63, 3.8) is 0 Å². The van der Waals surface area contributed by atoms with Gasteiger partial charge in [0, 0.05) is 57.5 Å². The summed E-state index contributed by atoms with van der Waals surface area (Å²) in [6.45, 7) is 19.1. The molecule has 5 heteroatoms. The average molecular weight is 556 g/mol. The quantitative estimate of drug-likeness (QED) is 0.328. The zero-order valence-electron chi connectivity index (χ0n) is 26.6. The maximum Gasteiger partial charge on any atom is 0.0859 e. The molecule has 6 atom stereocenters. The molecule has 0 radical (unpaired) electrons. The van der Waals surface area contributed by atoms with Crippen LogP contribution in [-0.2, 0) is 9.47 Å². The molecule has 1 aliphatic carbocycles. The van der Waals surface area contributed by atoms with Gasteiger partial charge < -0.3 is 14.4 Å². The van der Waals surface area contributed by atoms with Gasteiger partial charge in [-0.05, 0) is 129 Å². The number of hydrogen-bond donors (Lipinski definition) is 0. The Hall–Kier alpha value is -0.460. The summed E-state index contributed by atoms with van der Waals surface area (Å²) in [7, 11) is 0. The first-order chi connectivity index (χ1) is 19.2. The summed E-state index contributed by atoms with van der Waals surface area (Å²) in [5.74, 6) is 0. The van der Waals surface area contributed by atoms with Gasteiger partial charge in [0.1, 0.15) is 0 Å². The van der Waals surface area contributed by atoms with Crippen molar-refractivity contribution in [3.8, 4) is 0 Å². The van der Waals surface area contributed by atoms with Gasteiger partial charge in [0.05, 0.1) is 17.8 Å². The number of likely N-dealkylation sites (tertiary alicyclic amines) is 3. The van der Waals surface area contributed by atoms with E-state index in [2.05, 4.69) is 54.5 Å². The highest BCUT2D eigenvalue weighted by Crippen LogP contribution is 2.52. The Morgan fingerprint density at radius 1 is 0.625 bits per heavy atom. The van der Waals surface area contributed by atoms with E-state index in [9.17, 15) is 0 Å². The lowest BCUT2D eigenvalue weighted by Crippen LogP contribution is -2.45. The maximum absolute atomic E-state index is 6.45. The van der Waals surface area contributed by atoms with Crippen LogP contribution in [0.3, 0.4) is 0 Å². The predicted octanol–water partition coefficient (Wildman–Crippen LogP) is 6.66. The van der Waals surface area contributed by atoms with E-state index < -0.39 is 0 Å². The van der Waals surface area contributed by atoms with Gasteiger partial charge in [-0.25, -0.2) is 0 Å². The van der Waals surface area contributed by atoms with E-state index in [-0.39, 0.29) is 11.2 Å². The smallest absolute Gasteiger partial charge is 0.0859 e. The van der Waals surface area contributed by atoms with Gasteiger partial charge in [-0.3, -0.25) is 9.80 Å². The third-order valence-corrected chi connectivity index (χ3v) is 12.8. The van der Waals surface area contributed by atoms with Crippen molar-refractivity contribution >= 4 is 0 Å². The third kappa shape index (κ3) is 6.25. The minimum atomic E-state index is 0.0883. The fourth-order valence-electron chi connectivity index (χ4n) is 10.1. The highest BCUT2D eigenvalue weighted by molar-refractivity contribution is 5.05. The van der Waals surface area contributed by atoms with Gasteiger partial charge in [0.15, 0.2) is 0 Å². The molecule has 0 amide bonds. The van der Waals surface area contributed by atoms with Crippen molar-refractivity contribution < 1.29 is 9.47 Å². The summed E-state index contributed by atoms with van der Waals surface area (Å²) < 4.78 is 12.8. The standard InChI is InChI=1S/C35H61N3O2/c1-29(2)36-19-16-32(26-36)10-9-11-33(15-14-32,24-30(3)37-20-17-34(27-37)12-5-7-22-39-34)25-31(4)38-21-18-35(28-38)13-6-8-23-40-35/h5,7,29-31H,6,8-28H2,1-4H3. The van der Waals surface area contributed by atoms with E-state index in [0.29, 0.717) is 29.0 Å². The molecule has 0 aromatic rings. The van der Waals surface area contributed by atoms with E-state index in [4.69, 9.17) is 9.47 Å². The van der Waals surface area contributed by atoms with Crippen molar-refractivity contribution in [2.24, 2.45) is 10.8 Å². The van der Waals surface area contributed by atoms with Crippen molar-refractivity contribution in [2.75, 3.05) is 52.5 Å². The highest BCUT2D eigenvalue weighted by atomic mass is 16.5. The Morgan fingerprint density at radius 3 is 2.00 bits per heavy atom. The summed E-state index contributed by atoms with van der Waals surface area (Å²) in [5.41, 5.74) is 1.29. The average Bonchev–Trinajstić information content (AvgIpc) is 3.64. The molecule has 5 heterocycles. The number of hydrogen-bond acceptors (Lipinski definition) is 5. The number of rotatable bonds is 7. The fraction of sp³-hybridized carbons (Fsp3) is 0.943. The van der Waals surface area contributed by atoms with E-state index in [0.717, 1.165) is 26.2 Å². The molecule has 6 rings (SSSR count). The van der Waals surface area contributed by atoms with Crippen LogP contribution < -0.4 is 0 Å². The first-order valence-corrected chi connectivity index (χ1v) is 17.4. The molecular formula is C35H61N3O2. The van der Waals surface area contributed by atoms with Crippen LogP contribution in [0.2, 0.25) is 0 Å². The molecule has 5 fully saturated rings. The van der Waals surface area contributed by atoms with Gasteiger partial charge in [-0.15, -0.1) is 0 Å². The van der Waals surface area contributed by atoms with Crippen LogP contribution in [0, 0.1) is 10.8 Å². The molecule has 0 aromatic heterocycles. The van der Waals surface area contributed by atoms with Crippen LogP contribution in [0.5, 0.6) is 0 Å². The first-order valence-electron chi connectivity index (χ1n) is 17.4. The largest absolute Gasteiger partial charge is 0.374 e. The predicted molar refractivity (Wildman–Crippen MR) is 165 cm³/mol. The molecule has 40 heavy (non-hydrogen) atoms. The zero-order chi connectivity index (χ0) is 27.8. The van der Waals surface area contributed by atoms with E-state index >= 15 is 0 Å². The Morgan fingerprint density at radius 2 is 1.35 bits per heavy atom. The summed E-state index contributed by atoms with van der Waals surface area (Å²) in [6.07, 6.45) is 23.4. The van der Waals surface area contributed by atoms with Crippen LogP contribution in [0.1, 0.15) is 118 Å². The fourth-order valence-corrected chi connectivity index (χ4v) is 10.1. The number of ether oxygens (including phenoxy) is 2. The molecule has 1 saturated carbocycles. The van der Waals surface area contributed by atoms with Crippen LogP contribution in [-0.4, -0.2) is 96.5 Å². The van der Waals surface area contributed by atoms with Crippen LogP contribution in [0.15, 0.2) is 12.2 Å². The molecule has 6 aliphatic rings. The van der Waals surface area contributed by atoms with Crippen molar-refractivity contribution in [1.82, 2.24) is 14.7 Å². The van der Waals surface area contributed by atoms with Gasteiger partial charge in [-0.2, -0.15) is 0 Å². The summed E-state index contributed by atoms with van der Waals surface area (Å²) in [5, 5.41) is 0. The third-order valence-electron chi connectivity index (χ3n) is 12.8. The van der Waals surface area contributed by atoms with Gasteiger partial charge >= 0.3 is 0 Å². The Kier molecular flexibility index (Phi) is 8.81. The SMILES string of the molecule is CC(C)N1CCC2(CCCC(CC(C)N3CCC4(CC=CCO4)C3)(CC(C)N3CCC4(CCCCO4)C3)CC2)C1. The minimum Gasteiger partial charge on any atom is -0.374 e. The van der Waals surface area contributed by atoms with Gasteiger partial charge in [0.25, 0.3) is 0 Å². The second-order valence-electron chi connectivity index (χ2n) is 15.9. The van der Waals surface area contributed by atoms with E-state index in [1.54, 1.807) is 0 Å². The molecule has 5 nitrogen and oxygen atoms in total. The zero-order valence-corrected chi connectivity index (χ0v) is 26.6. The molecule has 5 aliphatic heterocycles. The second-order valence-corrected chi connectivity index (χ2v) is 15.9. The van der Waals surface area contributed by atoms with E-state index in [1.807, 2.05) is 0 Å². The molecule has 4 saturated heterocycles. The summed E-state index contributed by atoms with van der Waals surface area (Å²) in [4.78, 5) is 8.42. The molecular weight excluding hydrogens is 494 g/mol. The molecule has 0 N–H and O–H groups in total. The molecule has 6 unspecified atom stereocenters. The van der Waals surface area contributed by atoms with Gasteiger partial charge in [-0.1, -0.05) is 18.6 Å². The summed E-state index contributed by atoms with van der Waals surface area (Å²) in [6, 6.07) is 1.98. The number of nitrogens with zero attached hydrogens (tertiary/aromatic N) is 3. The maximum atomic E-state index is 6.45. The monoisotopic (exact) mass is 555 g/mol. The summed E-state index contributed by atoms with van der Waals surface area (Å²) >= 11 is 0. The van der Waals surface area contributed by atoms with Crippen LogP contribution in [0.25, 0.3) is 0 Å². The Bertz CT molecular complexity index is 886. The molecule has 3 spiro atoms. The van der Waals surface area contributed by atoms with E-state index in [1.165, 1.54) is 116 Å². The van der Waals surface area contributed by atoms with Crippen molar-refractivity contribution in [2.45, 2.75) is 147 Å². The van der Waals surface area contributed by atoms with Crippen LogP contribution in [0.4, 0.5) is 0 Å². The second kappa shape index (κ2) is 11.9.